The molecule has 0 aliphatic heterocycles. The zero-order valence-electron chi connectivity index (χ0n) is 19.7. The quantitative estimate of drug-likeness (QED) is 0.314. The number of thiazole rings is 1. The van der Waals surface area contributed by atoms with E-state index in [1.54, 1.807) is 45.9 Å². The summed E-state index contributed by atoms with van der Waals surface area (Å²) in [7, 11) is -4.20. The van der Waals surface area contributed by atoms with Gasteiger partial charge in [-0.25, -0.2) is 22.2 Å². The number of halogens is 3. The van der Waals surface area contributed by atoms with Gasteiger partial charge in [0.25, 0.3) is 10.0 Å². The second kappa shape index (κ2) is 8.93. The lowest BCUT2D eigenvalue weighted by molar-refractivity contribution is -0.137. The number of amides is 1. The second-order valence-corrected chi connectivity index (χ2v) is 11.7. The van der Waals surface area contributed by atoms with Crippen LogP contribution in [-0.4, -0.2) is 29.1 Å². The van der Waals surface area contributed by atoms with Gasteiger partial charge in [-0.05, 0) is 64.1 Å². The molecule has 0 fully saturated rings. The van der Waals surface area contributed by atoms with Gasteiger partial charge < -0.3 is 4.74 Å². The maximum Gasteiger partial charge on any atom is 0.416 e. The van der Waals surface area contributed by atoms with E-state index in [-0.39, 0.29) is 26.6 Å². The Morgan fingerprint density at radius 3 is 2.33 bits per heavy atom. The molecule has 0 aliphatic rings. The number of anilines is 1. The van der Waals surface area contributed by atoms with Gasteiger partial charge in [-0.2, -0.15) is 13.2 Å². The average Bonchev–Trinajstić information content (AvgIpc) is 3.31. The van der Waals surface area contributed by atoms with Gasteiger partial charge in [0.2, 0.25) is 0 Å². The predicted molar refractivity (Wildman–Crippen MR) is 132 cm³/mol. The van der Waals surface area contributed by atoms with Crippen LogP contribution in [0.15, 0.2) is 59.5 Å². The maximum atomic E-state index is 13.7. The van der Waals surface area contributed by atoms with Crippen molar-refractivity contribution in [1.29, 1.82) is 0 Å². The van der Waals surface area contributed by atoms with E-state index in [2.05, 4.69) is 10.3 Å². The van der Waals surface area contributed by atoms with Crippen molar-refractivity contribution in [1.82, 2.24) is 8.96 Å². The summed E-state index contributed by atoms with van der Waals surface area (Å²) < 4.78 is 73.7. The molecule has 190 valence electrons. The van der Waals surface area contributed by atoms with Crippen LogP contribution in [0.5, 0.6) is 0 Å². The molecule has 0 unspecified atom stereocenters. The number of alkyl halides is 3. The van der Waals surface area contributed by atoms with Crippen molar-refractivity contribution in [3.05, 3.63) is 65.9 Å². The Labute approximate surface area is 209 Å². The van der Waals surface area contributed by atoms with Crippen molar-refractivity contribution < 1.29 is 31.1 Å². The van der Waals surface area contributed by atoms with Crippen LogP contribution in [0.4, 0.5) is 23.1 Å². The van der Waals surface area contributed by atoms with Crippen molar-refractivity contribution in [3.63, 3.8) is 0 Å². The molecule has 36 heavy (non-hydrogen) atoms. The molecule has 2 heterocycles. The zero-order chi connectivity index (χ0) is 26.5. The van der Waals surface area contributed by atoms with Crippen LogP contribution in [0.3, 0.4) is 0 Å². The number of nitrogens with one attached hydrogen (secondary N) is 1. The number of fused-ring (bicyclic) bond motifs is 1. The highest BCUT2D eigenvalue weighted by Crippen LogP contribution is 2.40. The van der Waals surface area contributed by atoms with Crippen LogP contribution in [0, 0.1) is 6.92 Å². The Kier molecular flexibility index (Phi) is 6.38. The first-order valence-electron chi connectivity index (χ1n) is 10.7. The van der Waals surface area contributed by atoms with Crippen molar-refractivity contribution in [2.45, 2.75) is 44.4 Å². The third-order valence-corrected chi connectivity index (χ3v) is 7.84. The molecule has 7 nitrogen and oxygen atoms in total. The molecular formula is C24H22F3N3O4S2. The molecule has 0 spiro atoms. The maximum absolute atomic E-state index is 13.7. The van der Waals surface area contributed by atoms with Crippen LogP contribution in [0.1, 0.15) is 32.0 Å². The van der Waals surface area contributed by atoms with Crippen molar-refractivity contribution in [2.24, 2.45) is 0 Å². The highest BCUT2D eigenvalue weighted by molar-refractivity contribution is 7.90. The van der Waals surface area contributed by atoms with Gasteiger partial charge in [-0.15, -0.1) is 0 Å². The molecular weight excluding hydrogens is 515 g/mol. The topological polar surface area (TPSA) is 90.3 Å². The minimum atomic E-state index is -4.60. The van der Waals surface area contributed by atoms with Gasteiger partial charge in [0, 0.05) is 5.39 Å². The highest BCUT2D eigenvalue weighted by atomic mass is 32.2. The number of carbonyl (C=O) groups excluding carboxylic acids is 1. The molecule has 4 aromatic rings. The van der Waals surface area contributed by atoms with Gasteiger partial charge in [-0.3, -0.25) is 5.32 Å². The summed E-state index contributed by atoms with van der Waals surface area (Å²) in [6.07, 6.45) is -5.34. The van der Waals surface area contributed by atoms with Crippen molar-refractivity contribution >= 4 is 43.5 Å². The molecule has 0 aliphatic carbocycles. The predicted octanol–water partition coefficient (Wildman–Crippen LogP) is 6.68. The summed E-state index contributed by atoms with van der Waals surface area (Å²) in [6.45, 7) is 6.72. The largest absolute Gasteiger partial charge is 0.444 e. The first-order chi connectivity index (χ1) is 16.7. The fraction of sp³-hybridized carbons (Fsp3) is 0.250. The lowest BCUT2D eigenvalue weighted by atomic mass is 10.1. The number of rotatable bonds is 4. The van der Waals surface area contributed by atoms with E-state index in [4.69, 9.17) is 4.74 Å². The number of hydrogen-bond donors (Lipinski definition) is 1. The summed E-state index contributed by atoms with van der Waals surface area (Å²) in [6, 6.07) is 11.9. The van der Waals surface area contributed by atoms with Gasteiger partial charge >= 0.3 is 12.3 Å². The van der Waals surface area contributed by atoms with E-state index in [9.17, 15) is 26.4 Å². The standard InChI is InChI=1S/C24H22F3N3O4S2/c1-14-20(35-21(28-14)29-22(31)34-23(2,3)4)19-13-15-12-16(24(25,26)27)10-11-18(15)30(19)36(32,33)17-8-6-5-7-9-17/h5-13H,1-4H3,(H,28,29,31). The Bertz CT molecular complexity index is 1550. The smallest absolute Gasteiger partial charge is 0.416 e. The molecule has 1 amide bonds. The number of aromatic nitrogens is 2. The Morgan fingerprint density at radius 1 is 1.06 bits per heavy atom. The summed E-state index contributed by atoms with van der Waals surface area (Å²) in [5.74, 6) is 0. The third kappa shape index (κ3) is 5.09. The molecule has 0 bridgehead atoms. The van der Waals surface area contributed by atoms with Gasteiger partial charge in [0.1, 0.15) is 5.60 Å². The Balaban J connectivity index is 1.90. The number of hydrogen-bond acceptors (Lipinski definition) is 6. The Morgan fingerprint density at radius 2 is 1.72 bits per heavy atom. The highest BCUT2D eigenvalue weighted by Gasteiger charge is 2.32. The first-order valence-corrected chi connectivity index (χ1v) is 12.9. The van der Waals surface area contributed by atoms with E-state index in [1.165, 1.54) is 18.2 Å². The monoisotopic (exact) mass is 537 g/mol. The average molecular weight is 538 g/mol. The fourth-order valence-corrected chi connectivity index (χ4v) is 6.12. The normalized spacial score (nSPS) is 12.6. The van der Waals surface area contributed by atoms with Crippen LogP contribution in [0.2, 0.25) is 0 Å². The van der Waals surface area contributed by atoms with Crippen molar-refractivity contribution in [2.75, 3.05) is 5.32 Å². The molecule has 1 N–H and O–H groups in total. The van der Waals surface area contributed by atoms with E-state index in [0.717, 1.165) is 33.5 Å². The van der Waals surface area contributed by atoms with Gasteiger partial charge in [-0.1, -0.05) is 29.5 Å². The van der Waals surface area contributed by atoms with E-state index in [0.29, 0.717) is 10.6 Å². The fourth-order valence-electron chi connectivity index (χ4n) is 3.56. The lowest BCUT2D eigenvalue weighted by Crippen LogP contribution is -2.27. The van der Waals surface area contributed by atoms with Crippen molar-refractivity contribution in [3.8, 4) is 10.6 Å². The van der Waals surface area contributed by atoms with Crippen LogP contribution < -0.4 is 5.32 Å². The number of aryl methyl sites for hydroxylation is 1. The number of carbonyl (C=O) groups is 1. The molecule has 4 rings (SSSR count). The molecule has 12 heteroatoms. The minimum Gasteiger partial charge on any atom is -0.444 e. The summed E-state index contributed by atoms with van der Waals surface area (Å²) in [5.41, 5.74) is -1.05. The number of benzene rings is 2. The molecule has 2 aromatic carbocycles. The summed E-state index contributed by atoms with van der Waals surface area (Å²) >= 11 is 0.987. The summed E-state index contributed by atoms with van der Waals surface area (Å²) in [4.78, 5) is 16.8. The minimum absolute atomic E-state index is 0.0297. The van der Waals surface area contributed by atoms with Crippen LogP contribution in [0.25, 0.3) is 21.5 Å². The number of nitrogens with zero attached hydrogens (tertiary/aromatic N) is 2. The zero-order valence-corrected chi connectivity index (χ0v) is 21.3. The van der Waals surface area contributed by atoms with E-state index in [1.807, 2.05) is 0 Å². The summed E-state index contributed by atoms with van der Waals surface area (Å²) in [5, 5.41) is 2.77. The molecule has 0 radical (unpaired) electrons. The Hall–Kier alpha value is -3.38. The molecule has 0 atom stereocenters. The second-order valence-electron chi connectivity index (χ2n) is 8.94. The van der Waals surface area contributed by atoms with E-state index < -0.39 is 33.5 Å². The lowest BCUT2D eigenvalue weighted by Gasteiger charge is -2.18. The van der Waals surface area contributed by atoms with Gasteiger partial charge in [0.15, 0.2) is 5.13 Å². The molecule has 0 saturated carbocycles. The van der Waals surface area contributed by atoms with E-state index >= 15 is 0 Å². The first kappa shape index (κ1) is 25.7. The molecule has 0 saturated heterocycles. The number of ether oxygens (including phenoxy) is 1. The SMILES string of the molecule is Cc1nc(NC(=O)OC(C)(C)C)sc1-c1cc2cc(C(F)(F)F)ccc2n1S(=O)(=O)c1ccccc1. The third-order valence-electron chi connectivity index (χ3n) is 5.00. The van der Waals surface area contributed by atoms with Gasteiger partial charge in [0.05, 0.1) is 32.2 Å². The van der Waals surface area contributed by atoms with Crippen LogP contribution in [-0.2, 0) is 20.9 Å². The molecule has 2 aromatic heterocycles. The van der Waals surface area contributed by atoms with Crippen LogP contribution >= 0.6 is 11.3 Å².